The second-order valence-corrected chi connectivity index (χ2v) is 8.51. The molecule has 3 amide bonds. The maximum Gasteiger partial charge on any atom is 0.410 e. The van der Waals surface area contributed by atoms with Gasteiger partial charge in [0.05, 0.1) is 24.6 Å². The molecule has 11 heteroatoms. The molecule has 1 unspecified atom stereocenters. The molecule has 1 aromatic carbocycles. The fourth-order valence-corrected chi connectivity index (χ4v) is 3.09. The summed E-state index contributed by atoms with van der Waals surface area (Å²) in [4.78, 5) is 34.0. The van der Waals surface area contributed by atoms with Crippen LogP contribution in [0, 0.1) is 11.3 Å². The Morgan fingerprint density at radius 2 is 2.03 bits per heavy atom. The van der Waals surface area contributed by atoms with Crippen LogP contribution in [0.15, 0.2) is 30.6 Å². The Morgan fingerprint density at radius 3 is 2.69 bits per heavy atom. The summed E-state index contributed by atoms with van der Waals surface area (Å²) in [6.45, 7) is 6.32. The highest BCUT2D eigenvalue weighted by atomic mass is 35.5. The van der Waals surface area contributed by atoms with Gasteiger partial charge in [-0.15, -0.1) is 0 Å². The molecule has 2 heterocycles. The fraction of sp³-hybridized carbons (Fsp3) is 0.381. The van der Waals surface area contributed by atoms with E-state index in [1.54, 1.807) is 23.1 Å². The van der Waals surface area contributed by atoms with E-state index in [2.05, 4.69) is 20.6 Å². The Morgan fingerprint density at radius 1 is 1.25 bits per heavy atom. The van der Waals surface area contributed by atoms with Crippen LogP contribution < -0.4 is 15.4 Å². The number of aromatic nitrogens is 2. The van der Waals surface area contributed by atoms with Crippen molar-refractivity contribution in [1.82, 2.24) is 14.9 Å². The molecule has 1 aromatic heterocycles. The van der Waals surface area contributed by atoms with Gasteiger partial charge in [0.25, 0.3) is 0 Å². The Balaban J connectivity index is 1.63. The maximum atomic E-state index is 12.4. The molecular weight excluding hydrogens is 436 g/mol. The highest BCUT2D eigenvalue weighted by Gasteiger charge is 2.31. The number of halogens is 1. The number of benzene rings is 1. The van der Waals surface area contributed by atoms with Gasteiger partial charge in [0, 0.05) is 18.0 Å². The van der Waals surface area contributed by atoms with Gasteiger partial charge in [-0.25, -0.2) is 19.6 Å². The van der Waals surface area contributed by atoms with Gasteiger partial charge in [0.15, 0.2) is 11.5 Å². The van der Waals surface area contributed by atoms with E-state index >= 15 is 0 Å². The molecule has 0 aliphatic carbocycles. The van der Waals surface area contributed by atoms with E-state index in [1.807, 2.05) is 26.8 Å². The predicted octanol–water partition coefficient (Wildman–Crippen LogP) is 4.03. The van der Waals surface area contributed by atoms with Crippen LogP contribution in [0.3, 0.4) is 0 Å². The van der Waals surface area contributed by atoms with Crippen molar-refractivity contribution in [3.05, 3.63) is 41.3 Å². The van der Waals surface area contributed by atoms with E-state index in [-0.39, 0.29) is 23.7 Å². The monoisotopic (exact) mass is 458 g/mol. The molecule has 10 nitrogen and oxygen atoms in total. The highest BCUT2D eigenvalue weighted by molar-refractivity contribution is 6.31. The molecule has 0 saturated carbocycles. The quantitative estimate of drug-likeness (QED) is 0.707. The zero-order valence-electron chi connectivity index (χ0n) is 17.9. The number of carbonyl (C=O) groups is 2. The molecule has 2 aromatic rings. The molecule has 32 heavy (non-hydrogen) atoms. The van der Waals surface area contributed by atoms with Crippen LogP contribution >= 0.6 is 11.6 Å². The molecule has 0 radical (unpaired) electrons. The topological polar surface area (TPSA) is 129 Å². The second-order valence-electron chi connectivity index (χ2n) is 8.07. The third-order valence-corrected chi connectivity index (χ3v) is 4.52. The molecular formula is C21H23ClN6O4. The zero-order chi connectivity index (χ0) is 23.3. The van der Waals surface area contributed by atoms with Gasteiger partial charge in [-0.2, -0.15) is 5.26 Å². The maximum absolute atomic E-state index is 12.4. The van der Waals surface area contributed by atoms with E-state index < -0.39 is 11.6 Å². The van der Waals surface area contributed by atoms with Crippen molar-refractivity contribution >= 4 is 35.2 Å². The minimum Gasteiger partial charge on any atom is -0.486 e. The van der Waals surface area contributed by atoms with E-state index in [4.69, 9.17) is 26.3 Å². The number of hydrogen-bond acceptors (Lipinski definition) is 7. The Labute approximate surface area is 190 Å². The van der Waals surface area contributed by atoms with Crippen LogP contribution in [0.4, 0.5) is 21.1 Å². The van der Waals surface area contributed by atoms with Gasteiger partial charge >= 0.3 is 12.1 Å². The summed E-state index contributed by atoms with van der Waals surface area (Å²) in [5.41, 5.74) is -0.0820. The number of nitrogens with zero attached hydrogens (tertiary/aromatic N) is 4. The number of rotatable bonds is 4. The molecule has 1 atom stereocenters. The molecule has 3 rings (SSSR count). The van der Waals surface area contributed by atoms with Crippen LogP contribution in [0.2, 0.25) is 5.02 Å². The number of anilines is 2. The molecule has 168 valence electrons. The summed E-state index contributed by atoms with van der Waals surface area (Å²) < 4.78 is 11.4. The summed E-state index contributed by atoms with van der Waals surface area (Å²) in [5.74, 6) is 0.585. The molecule has 1 fully saturated rings. The van der Waals surface area contributed by atoms with E-state index in [0.29, 0.717) is 36.0 Å². The first-order chi connectivity index (χ1) is 15.1. The van der Waals surface area contributed by atoms with Crippen molar-refractivity contribution in [3.8, 4) is 11.8 Å². The Kier molecular flexibility index (Phi) is 7.00. The van der Waals surface area contributed by atoms with Crippen LogP contribution in [-0.2, 0) is 4.74 Å². The number of carbonyl (C=O) groups excluding carboxylic acids is 2. The number of urea groups is 1. The Bertz CT molecular complexity index is 1030. The SMILES string of the molecule is CC(C)(C)OC(=O)N1CCC(Oc2ccc(Cl)cc2NC(=O)Nc2cnc(C#N)cn2)C1. The van der Waals surface area contributed by atoms with Crippen molar-refractivity contribution < 1.29 is 19.1 Å². The first-order valence-corrected chi connectivity index (χ1v) is 10.2. The first-order valence-electron chi connectivity index (χ1n) is 9.87. The molecule has 1 saturated heterocycles. The minimum atomic E-state index is -0.585. The highest BCUT2D eigenvalue weighted by Crippen LogP contribution is 2.30. The largest absolute Gasteiger partial charge is 0.486 e. The van der Waals surface area contributed by atoms with E-state index in [1.165, 1.54) is 12.4 Å². The number of amides is 3. The van der Waals surface area contributed by atoms with Gasteiger partial charge in [0.2, 0.25) is 0 Å². The lowest BCUT2D eigenvalue weighted by atomic mass is 10.2. The van der Waals surface area contributed by atoms with E-state index in [9.17, 15) is 9.59 Å². The fourth-order valence-electron chi connectivity index (χ4n) is 2.92. The molecule has 1 aliphatic heterocycles. The lowest BCUT2D eigenvalue weighted by molar-refractivity contribution is 0.0276. The van der Waals surface area contributed by atoms with Crippen molar-refractivity contribution in [1.29, 1.82) is 5.26 Å². The average Bonchev–Trinajstić information content (AvgIpc) is 3.18. The third-order valence-electron chi connectivity index (χ3n) is 4.29. The summed E-state index contributed by atoms with van der Waals surface area (Å²) in [6, 6.07) is 6.12. The van der Waals surface area contributed by atoms with Crippen molar-refractivity contribution in [3.63, 3.8) is 0 Å². The first kappa shape index (κ1) is 23.1. The van der Waals surface area contributed by atoms with Crippen molar-refractivity contribution in [2.75, 3.05) is 23.7 Å². The third kappa shape index (κ3) is 6.46. The number of ether oxygens (including phenoxy) is 2. The number of nitrogens with one attached hydrogen (secondary N) is 2. The molecule has 2 N–H and O–H groups in total. The van der Waals surface area contributed by atoms with Crippen LogP contribution in [0.1, 0.15) is 32.9 Å². The van der Waals surface area contributed by atoms with Gasteiger partial charge in [-0.05, 0) is 39.0 Å². The number of hydrogen-bond donors (Lipinski definition) is 2. The van der Waals surface area contributed by atoms with E-state index in [0.717, 1.165) is 0 Å². The van der Waals surface area contributed by atoms with Crippen molar-refractivity contribution in [2.45, 2.75) is 38.9 Å². The van der Waals surface area contributed by atoms with Gasteiger partial charge in [0.1, 0.15) is 23.5 Å². The normalized spacial score (nSPS) is 15.6. The summed E-state index contributed by atoms with van der Waals surface area (Å²) in [7, 11) is 0. The van der Waals surface area contributed by atoms with Crippen LogP contribution in [0.5, 0.6) is 5.75 Å². The molecule has 1 aliphatic rings. The van der Waals surface area contributed by atoms with Crippen LogP contribution in [-0.4, -0.2) is 51.8 Å². The zero-order valence-corrected chi connectivity index (χ0v) is 18.6. The molecule has 0 bridgehead atoms. The predicted molar refractivity (Wildman–Crippen MR) is 118 cm³/mol. The summed E-state index contributed by atoms with van der Waals surface area (Å²) >= 11 is 6.09. The lowest BCUT2D eigenvalue weighted by Gasteiger charge is -2.24. The number of nitriles is 1. The standard InChI is InChI=1S/C21H23ClN6O4/c1-21(2,3)32-20(30)28-7-6-15(12-28)31-17-5-4-13(22)8-16(17)26-19(29)27-18-11-24-14(9-23)10-25-18/h4-5,8,10-11,15H,6-7,12H2,1-3H3,(H2,25,26,27,29). The smallest absolute Gasteiger partial charge is 0.410 e. The number of likely N-dealkylation sites (tertiary alicyclic amines) is 1. The van der Waals surface area contributed by atoms with Gasteiger partial charge in [-0.1, -0.05) is 11.6 Å². The summed E-state index contributed by atoms with van der Waals surface area (Å²) in [6.07, 6.45) is 2.49. The second kappa shape index (κ2) is 9.70. The van der Waals surface area contributed by atoms with Crippen LogP contribution in [0.25, 0.3) is 0 Å². The molecule has 0 spiro atoms. The Hall–Kier alpha value is -3.58. The van der Waals surface area contributed by atoms with Gasteiger partial charge < -0.3 is 19.7 Å². The average molecular weight is 459 g/mol. The lowest BCUT2D eigenvalue weighted by Crippen LogP contribution is -2.36. The summed E-state index contributed by atoms with van der Waals surface area (Å²) in [5, 5.41) is 14.4. The van der Waals surface area contributed by atoms with Crippen molar-refractivity contribution in [2.24, 2.45) is 0 Å². The van der Waals surface area contributed by atoms with Gasteiger partial charge in [-0.3, -0.25) is 5.32 Å². The minimum absolute atomic E-state index is 0.137.